The van der Waals surface area contributed by atoms with Gasteiger partial charge in [0.15, 0.2) is 18.9 Å². The van der Waals surface area contributed by atoms with Crippen molar-refractivity contribution < 1.29 is 89.4 Å². The molecule has 0 aliphatic carbocycles. The molecule has 19 heteroatoms. The lowest BCUT2D eigenvalue weighted by molar-refractivity contribution is -0.379. The SMILES string of the molecule is CC/C=C\C/C=C\C/C=C\C/C=C\C/C=C\C/C=C\CCCCCCCCC(=O)NC(COC1OC(CO)C(OC2OC(CO)C(OC3OC(CO)C(O)C(O)C3O)C(O)C2O)C(O)C1O)C(O)/C=C/CC/C=C/CC/C=C/CCCCCCCCCCCCCCCCC. The van der Waals surface area contributed by atoms with Gasteiger partial charge in [-0.1, -0.05) is 239 Å². The van der Waals surface area contributed by atoms with E-state index >= 15 is 0 Å². The van der Waals surface area contributed by atoms with Crippen LogP contribution in [0.3, 0.4) is 0 Å². The molecule has 3 saturated heterocycles. The topological polar surface area (TPSA) is 307 Å². The Balaban J connectivity index is 1.45. The maximum Gasteiger partial charge on any atom is 0.220 e. The molecule has 0 radical (unpaired) electrons. The summed E-state index contributed by atoms with van der Waals surface area (Å²) in [6.45, 7) is 1.58. The van der Waals surface area contributed by atoms with Crippen molar-refractivity contribution in [3.63, 3.8) is 0 Å². The van der Waals surface area contributed by atoms with Crippen molar-refractivity contribution in [3.8, 4) is 0 Å². The van der Waals surface area contributed by atoms with Gasteiger partial charge in [0.2, 0.25) is 5.91 Å². The van der Waals surface area contributed by atoms with Gasteiger partial charge in [0.1, 0.15) is 73.2 Å². The Labute approximate surface area is 570 Å². The summed E-state index contributed by atoms with van der Waals surface area (Å²) in [5.74, 6) is -0.308. The van der Waals surface area contributed by atoms with E-state index in [1.54, 1.807) is 6.08 Å². The summed E-state index contributed by atoms with van der Waals surface area (Å²) in [6, 6.07) is -1.01. The van der Waals surface area contributed by atoms with E-state index in [9.17, 15) is 61.0 Å². The smallest absolute Gasteiger partial charge is 0.220 e. The van der Waals surface area contributed by atoms with Crippen LogP contribution in [-0.2, 0) is 33.2 Å². The van der Waals surface area contributed by atoms with Gasteiger partial charge < -0.3 is 89.9 Å². The molecule has 3 rings (SSSR count). The van der Waals surface area contributed by atoms with Crippen LogP contribution in [0.5, 0.6) is 0 Å². The van der Waals surface area contributed by atoms with Gasteiger partial charge in [-0.15, -0.1) is 0 Å². The Hall–Kier alpha value is -3.55. The number of hydrogen-bond donors (Lipinski definition) is 12. The molecule has 0 aromatic heterocycles. The first-order chi connectivity index (χ1) is 46.3. The monoisotopic (exact) mass is 1340 g/mol. The first-order valence-electron chi connectivity index (χ1n) is 36.6. The van der Waals surface area contributed by atoms with Crippen molar-refractivity contribution in [2.24, 2.45) is 0 Å². The van der Waals surface area contributed by atoms with E-state index in [0.717, 1.165) is 103 Å². The van der Waals surface area contributed by atoms with E-state index < -0.39 is 124 Å². The second-order valence-corrected chi connectivity index (χ2v) is 25.6. The molecule has 0 spiro atoms. The second kappa shape index (κ2) is 56.2. The van der Waals surface area contributed by atoms with E-state index in [1.807, 2.05) is 6.08 Å². The highest BCUT2D eigenvalue weighted by molar-refractivity contribution is 5.76. The fraction of sp³-hybridized carbons (Fsp3) is 0.750. The summed E-state index contributed by atoms with van der Waals surface area (Å²) < 4.78 is 34.3. The molecule has 546 valence electrons. The second-order valence-electron chi connectivity index (χ2n) is 25.6. The quantitative estimate of drug-likeness (QED) is 0.0199. The summed E-state index contributed by atoms with van der Waals surface area (Å²) in [4.78, 5) is 13.4. The van der Waals surface area contributed by atoms with E-state index in [4.69, 9.17) is 28.4 Å². The molecular formula is C76H129NO18. The lowest BCUT2D eigenvalue weighted by Gasteiger charge is -2.48. The molecule has 3 aliphatic heterocycles. The first kappa shape index (κ1) is 85.7. The summed E-state index contributed by atoms with van der Waals surface area (Å²) >= 11 is 0. The van der Waals surface area contributed by atoms with Crippen LogP contribution in [0.1, 0.15) is 232 Å². The number of hydrogen-bond acceptors (Lipinski definition) is 18. The molecule has 3 heterocycles. The summed E-state index contributed by atoms with van der Waals surface area (Å²) in [7, 11) is 0. The van der Waals surface area contributed by atoms with Crippen molar-refractivity contribution in [2.75, 3.05) is 26.4 Å². The number of nitrogens with one attached hydrogen (secondary N) is 1. The number of aliphatic hydroxyl groups excluding tert-OH is 11. The van der Waals surface area contributed by atoms with Crippen LogP contribution >= 0.6 is 0 Å². The highest BCUT2D eigenvalue weighted by Crippen LogP contribution is 2.33. The van der Waals surface area contributed by atoms with Crippen LogP contribution < -0.4 is 5.32 Å². The van der Waals surface area contributed by atoms with Crippen LogP contribution in [-0.4, -0.2) is 193 Å². The third-order valence-corrected chi connectivity index (χ3v) is 17.5. The van der Waals surface area contributed by atoms with Crippen molar-refractivity contribution in [1.82, 2.24) is 5.32 Å². The molecule has 0 bridgehead atoms. The number of carbonyl (C=O) groups excluding carboxylic acids is 1. The average molecular weight is 1340 g/mol. The third kappa shape index (κ3) is 37.5. The molecule has 17 atom stereocenters. The molecular weight excluding hydrogens is 1210 g/mol. The largest absolute Gasteiger partial charge is 0.394 e. The fourth-order valence-corrected chi connectivity index (χ4v) is 11.6. The van der Waals surface area contributed by atoms with E-state index in [2.05, 4.69) is 116 Å². The normalized spacial score (nSPS) is 27.9. The van der Waals surface area contributed by atoms with Crippen LogP contribution in [0.25, 0.3) is 0 Å². The fourth-order valence-electron chi connectivity index (χ4n) is 11.6. The van der Waals surface area contributed by atoms with Gasteiger partial charge in [-0.05, 0) is 96.3 Å². The van der Waals surface area contributed by atoms with Crippen molar-refractivity contribution in [2.45, 2.75) is 336 Å². The molecule has 19 nitrogen and oxygen atoms in total. The maximum absolute atomic E-state index is 13.4. The van der Waals surface area contributed by atoms with E-state index in [0.29, 0.717) is 12.8 Å². The van der Waals surface area contributed by atoms with Crippen LogP contribution in [0.4, 0.5) is 0 Å². The van der Waals surface area contributed by atoms with Crippen LogP contribution in [0, 0.1) is 0 Å². The molecule has 3 fully saturated rings. The zero-order valence-electron chi connectivity index (χ0n) is 57.9. The number of aliphatic hydroxyl groups is 11. The highest BCUT2D eigenvalue weighted by atomic mass is 16.8. The number of rotatable bonds is 55. The number of carbonyl (C=O) groups is 1. The highest BCUT2D eigenvalue weighted by Gasteiger charge is 2.53. The van der Waals surface area contributed by atoms with Gasteiger partial charge in [0.25, 0.3) is 0 Å². The zero-order valence-corrected chi connectivity index (χ0v) is 57.9. The molecule has 95 heavy (non-hydrogen) atoms. The van der Waals surface area contributed by atoms with Crippen molar-refractivity contribution in [3.05, 3.63) is 109 Å². The van der Waals surface area contributed by atoms with Crippen LogP contribution in [0.2, 0.25) is 0 Å². The first-order valence-corrected chi connectivity index (χ1v) is 36.6. The molecule has 3 aliphatic rings. The minimum Gasteiger partial charge on any atom is -0.394 e. The Morgan fingerprint density at radius 3 is 1.18 bits per heavy atom. The van der Waals surface area contributed by atoms with Crippen molar-refractivity contribution >= 4 is 5.91 Å². The molecule has 17 unspecified atom stereocenters. The Kier molecular flexibility index (Phi) is 50.7. The lowest BCUT2D eigenvalue weighted by atomic mass is 9.96. The summed E-state index contributed by atoms with van der Waals surface area (Å²) in [6.07, 6.45) is 49.2. The van der Waals surface area contributed by atoms with E-state index in [-0.39, 0.29) is 18.9 Å². The average Bonchev–Trinajstić information content (AvgIpc) is 0.787. The van der Waals surface area contributed by atoms with Crippen molar-refractivity contribution in [1.29, 1.82) is 0 Å². The predicted octanol–water partition coefficient (Wildman–Crippen LogP) is 10.6. The molecule has 0 aromatic carbocycles. The molecule has 0 aromatic rings. The van der Waals surface area contributed by atoms with E-state index in [1.165, 1.54) is 96.3 Å². The van der Waals surface area contributed by atoms with Gasteiger partial charge in [-0.2, -0.15) is 0 Å². The molecule has 1 amide bonds. The minimum atomic E-state index is -1.99. The molecule has 0 saturated carbocycles. The van der Waals surface area contributed by atoms with Gasteiger partial charge >= 0.3 is 0 Å². The number of ether oxygens (including phenoxy) is 6. The lowest BCUT2D eigenvalue weighted by Crippen LogP contribution is -2.66. The third-order valence-electron chi connectivity index (χ3n) is 17.5. The van der Waals surface area contributed by atoms with Gasteiger partial charge in [0.05, 0.1) is 38.6 Å². The Morgan fingerprint density at radius 2 is 0.737 bits per heavy atom. The minimum absolute atomic E-state index is 0.208. The summed E-state index contributed by atoms with van der Waals surface area (Å²) in [5.41, 5.74) is 0. The number of unbranched alkanes of at least 4 members (excludes halogenated alkanes) is 23. The van der Waals surface area contributed by atoms with Crippen LogP contribution in [0.15, 0.2) is 109 Å². The standard InChI is InChI=1S/C76H129NO18/c1-3-5-7-9-11-13-15-17-19-21-23-25-27-29-31-33-35-37-39-41-43-45-47-49-51-53-60(81)59(77-64(82)54-52-50-48-46-44-42-40-38-36-34-32-30-28-26-24-22-20-18-16-14-12-10-8-6-4-2)58-90-74-70(88)67(85)72(62(56-79)92-74)95-76-71(89)68(86)73(63(57-80)93-76)94-75-69(87)66(84)65(83)61(55-78)91-75/h6,8,12,14,18,20,24,26,30,32,35-38,43,45,51,53,59-63,65-76,78-81,83-89H,3-5,7,9-11,13,15-17,19,21-23,25,27-29,31,33-34,39-42,44,46-50,52,54-58H2,1-2H3,(H,77,82)/b8-6-,14-12-,20-18-,26-24-,32-30-,37-35+,38-36-,45-43+,53-51+. The molecule has 12 N–H and O–H groups in total. The Bertz CT molecular complexity index is 2140. The number of amides is 1. The van der Waals surface area contributed by atoms with Gasteiger partial charge in [0, 0.05) is 6.42 Å². The van der Waals surface area contributed by atoms with Gasteiger partial charge in [-0.3, -0.25) is 4.79 Å². The van der Waals surface area contributed by atoms with Gasteiger partial charge in [-0.25, -0.2) is 0 Å². The Morgan fingerprint density at radius 1 is 0.389 bits per heavy atom. The summed E-state index contributed by atoms with van der Waals surface area (Å²) in [5, 5.41) is 121. The number of allylic oxidation sites excluding steroid dienone is 17. The maximum atomic E-state index is 13.4. The zero-order chi connectivity index (χ0) is 68.9. The predicted molar refractivity (Wildman–Crippen MR) is 374 cm³/mol.